The van der Waals surface area contributed by atoms with Crippen LogP contribution >= 0.6 is 47.0 Å². The fourth-order valence-electron chi connectivity index (χ4n) is 1.45. The molecule has 0 N–H and O–H groups in total. The smallest absolute Gasteiger partial charge is 0.0592 e. The Morgan fingerprint density at radius 2 is 0.773 bits per heavy atom. The van der Waals surface area contributed by atoms with Crippen molar-refractivity contribution in [2.45, 2.75) is 19.6 Å². The molecule has 1 aromatic carbocycles. The molecule has 0 saturated heterocycles. The zero-order valence-corrected chi connectivity index (χ0v) is 15.2. The van der Waals surface area contributed by atoms with Gasteiger partial charge in [-0.1, -0.05) is 23.7 Å². The molecule has 0 fully saturated rings. The minimum absolute atomic E-state index is 0.625. The highest BCUT2D eigenvalue weighted by Gasteiger charge is 2.11. The van der Waals surface area contributed by atoms with E-state index < -0.39 is 0 Å². The number of hydrogen-bond donors (Lipinski definition) is 0. The molecule has 0 heterocycles. The maximum atomic E-state index is 5.37. The standard InChI is InChI=1S/C18H14S4/c1-5-9-19-15-13-17(21-11-7-3)18(22-12-8-4)14-16(15)20-10-6-2/h1-4,13-14H,9-12H2. The average Bonchev–Trinajstić information content (AvgIpc) is 2.55. The van der Waals surface area contributed by atoms with Gasteiger partial charge in [0, 0.05) is 19.6 Å². The maximum Gasteiger partial charge on any atom is 0.0592 e. The Kier molecular flexibility index (Phi) is 9.82. The summed E-state index contributed by atoms with van der Waals surface area (Å²) in [6.45, 7) is 0. The minimum Gasteiger partial charge on any atom is -0.119 e. The van der Waals surface area contributed by atoms with E-state index in [1.807, 2.05) is 0 Å². The normalized spacial score (nSPS) is 9.27. The average molecular weight is 359 g/mol. The van der Waals surface area contributed by atoms with Gasteiger partial charge in [-0.3, -0.25) is 0 Å². The fourth-order valence-corrected chi connectivity index (χ4v) is 4.87. The Labute approximate surface area is 150 Å². The van der Waals surface area contributed by atoms with Crippen molar-refractivity contribution in [1.82, 2.24) is 0 Å². The van der Waals surface area contributed by atoms with Crippen LogP contribution in [0.25, 0.3) is 0 Å². The van der Waals surface area contributed by atoms with Crippen molar-refractivity contribution < 1.29 is 0 Å². The number of thioether (sulfide) groups is 4. The van der Waals surface area contributed by atoms with Crippen LogP contribution in [0.5, 0.6) is 0 Å². The van der Waals surface area contributed by atoms with E-state index in [1.165, 1.54) is 0 Å². The summed E-state index contributed by atoms with van der Waals surface area (Å²) in [5.74, 6) is 13.1. The zero-order valence-electron chi connectivity index (χ0n) is 11.9. The van der Waals surface area contributed by atoms with Crippen molar-refractivity contribution in [2.24, 2.45) is 0 Å². The minimum atomic E-state index is 0.625. The quantitative estimate of drug-likeness (QED) is 0.492. The third-order valence-corrected chi connectivity index (χ3v) is 6.35. The van der Waals surface area contributed by atoms with Gasteiger partial charge in [0.05, 0.1) is 23.0 Å². The van der Waals surface area contributed by atoms with Crippen LogP contribution in [0.2, 0.25) is 0 Å². The van der Waals surface area contributed by atoms with E-state index in [-0.39, 0.29) is 0 Å². The molecule has 0 spiro atoms. The summed E-state index contributed by atoms with van der Waals surface area (Å²) in [7, 11) is 0. The lowest BCUT2D eigenvalue weighted by atomic mass is 10.3. The number of rotatable bonds is 8. The molecular formula is C18H14S4. The summed E-state index contributed by atoms with van der Waals surface area (Å²) in [6.07, 6.45) is 21.5. The highest BCUT2D eigenvalue weighted by atomic mass is 32.2. The van der Waals surface area contributed by atoms with Gasteiger partial charge < -0.3 is 0 Å². The molecule has 0 aliphatic heterocycles. The molecule has 4 heteroatoms. The van der Waals surface area contributed by atoms with Gasteiger partial charge in [0.1, 0.15) is 0 Å². The van der Waals surface area contributed by atoms with Crippen molar-refractivity contribution in [1.29, 1.82) is 0 Å². The van der Waals surface area contributed by atoms with Crippen LogP contribution in [0.3, 0.4) is 0 Å². The topological polar surface area (TPSA) is 0 Å². The zero-order chi connectivity index (χ0) is 16.2. The maximum absolute atomic E-state index is 5.37. The lowest BCUT2D eigenvalue weighted by Gasteiger charge is -2.13. The van der Waals surface area contributed by atoms with Crippen molar-refractivity contribution >= 4 is 47.0 Å². The molecule has 0 saturated carbocycles. The van der Waals surface area contributed by atoms with E-state index in [9.17, 15) is 0 Å². The fraction of sp³-hybridized carbons (Fsp3) is 0.222. The highest BCUT2D eigenvalue weighted by molar-refractivity contribution is 8.03. The van der Waals surface area contributed by atoms with Gasteiger partial charge in [-0.15, -0.1) is 72.7 Å². The van der Waals surface area contributed by atoms with Gasteiger partial charge in [-0.2, -0.15) is 0 Å². The number of hydrogen-bond acceptors (Lipinski definition) is 4. The molecule has 110 valence electrons. The number of terminal acetylenes is 4. The Balaban J connectivity index is 3.17. The van der Waals surface area contributed by atoms with Gasteiger partial charge in [0.15, 0.2) is 0 Å². The van der Waals surface area contributed by atoms with Crippen LogP contribution in [-0.2, 0) is 0 Å². The second kappa shape index (κ2) is 11.4. The third-order valence-electron chi connectivity index (χ3n) is 2.25. The van der Waals surface area contributed by atoms with Crippen LogP contribution in [0.4, 0.5) is 0 Å². The Bertz CT molecular complexity index is 548. The molecule has 0 amide bonds. The summed E-state index contributed by atoms with van der Waals surface area (Å²) in [5.41, 5.74) is 0. The molecule has 0 nitrogen and oxygen atoms in total. The molecule has 0 unspecified atom stereocenters. The molecule has 22 heavy (non-hydrogen) atoms. The van der Waals surface area contributed by atoms with Gasteiger partial charge in [0.2, 0.25) is 0 Å². The van der Waals surface area contributed by atoms with Crippen LogP contribution in [-0.4, -0.2) is 23.0 Å². The summed E-state index contributed by atoms with van der Waals surface area (Å²) >= 11 is 6.55. The van der Waals surface area contributed by atoms with E-state index in [4.69, 9.17) is 25.7 Å². The largest absolute Gasteiger partial charge is 0.119 e. The molecule has 0 radical (unpaired) electrons. The first-order valence-electron chi connectivity index (χ1n) is 6.19. The lowest BCUT2D eigenvalue weighted by Crippen LogP contribution is -1.89. The predicted molar refractivity (Wildman–Crippen MR) is 105 cm³/mol. The van der Waals surface area contributed by atoms with E-state index in [0.717, 1.165) is 19.6 Å². The Morgan fingerprint density at radius 1 is 0.545 bits per heavy atom. The van der Waals surface area contributed by atoms with Crippen LogP contribution < -0.4 is 0 Å². The second-order valence-corrected chi connectivity index (χ2v) is 7.79. The highest BCUT2D eigenvalue weighted by Crippen LogP contribution is 2.40. The van der Waals surface area contributed by atoms with E-state index >= 15 is 0 Å². The first-order valence-corrected chi connectivity index (χ1v) is 10.1. The summed E-state index contributed by atoms with van der Waals surface area (Å²) in [4.78, 5) is 4.57. The van der Waals surface area contributed by atoms with Crippen molar-refractivity contribution in [3.05, 3.63) is 12.1 Å². The van der Waals surface area contributed by atoms with E-state index in [0.29, 0.717) is 23.0 Å². The lowest BCUT2D eigenvalue weighted by molar-refractivity contribution is 1.09. The van der Waals surface area contributed by atoms with Crippen molar-refractivity contribution in [3.8, 4) is 49.4 Å². The van der Waals surface area contributed by atoms with Crippen LogP contribution in [0.15, 0.2) is 31.7 Å². The van der Waals surface area contributed by atoms with Crippen LogP contribution in [0, 0.1) is 49.4 Å². The van der Waals surface area contributed by atoms with Gasteiger partial charge in [0.25, 0.3) is 0 Å². The molecule has 0 aromatic heterocycles. The molecular weight excluding hydrogens is 344 g/mol. The first kappa shape index (κ1) is 18.9. The first-order chi connectivity index (χ1) is 10.8. The number of benzene rings is 1. The van der Waals surface area contributed by atoms with Gasteiger partial charge in [-0.25, -0.2) is 0 Å². The molecule has 0 aliphatic rings. The molecule has 1 aromatic rings. The SMILES string of the molecule is C#CCSc1cc(SCC#C)c(SCC#C)cc1SCC#C. The van der Waals surface area contributed by atoms with Gasteiger partial charge >= 0.3 is 0 Å². The summed E-state index contributed by atoms with van der Waals surface area (Å²) < 4.78 is 0. The van der Waals surface area contributed by atoms with Crippen LogP contribution in [0.1, 0.15) is 0 Å². The Hall–Kier alpha value is -1.14. The Morgan fingerprint density at radius 3 is 0.955 bits per heavy atom. The van der Waals surface area contributed by atoms with Gasteiger partial charge in [-0.05, 0) is 12.1 Å². The summed E-state index contributed by atoms with van der Waals surface area (Å²) in [5, 5.41) is 0. The molecule has 0 bridgehead atoms. The monoisotopic (exact) mass is 358 g/mol. The predicted octanol–water partition coefficient (Wildman–Crippen LogP) is 4.59. The third kappa shape index (κ3) is 6.32. The van der Waals surface area contributed by atoms with E-state index in [2.05, 4.69) is 35.8 Å². The molecule has 0 atom stereocenters. The molecule has 1 rings (SSSR count). The second-order valence-electron chi connectivity index (χ2n) is 3.72. The van der Waals surface area contributed by atoms with Crippen molar-refractivity contribution in [3.63, 3.8) is 0 Å². The summed E-state index contributed by atoms with van der Waals surface area (Å²) in [6, 6.07) is 4.28. The van der Waals surface area contributed by atoms with Crippen molar-refractivity contribution in [2.75, 3.05) is 23.0 Å². The molecule has 0 aliphatic carbocycles. The van der Waals surface area contributed by atoms with E-state index in [1.54, 1.807) is 47.0 Å².